The lowest BCUT2D eigenvalue weighted by Crippen LogP contribution is -2.11. The predicted molar refractivity (Wildman–Crippen MR) is 95.4 cm³/mol. The summed E-state index contributed by atoms with van der Waals surface area (Å²) in [4.78, 5) is 0.341. The SMILES string of the molecule is Cc1ccc(C(N)=S)c(Oc2ccc(Br)cc2C(C)C)c1. The van der Waals surface area contributed by atoms with Crippen molar-refractivity contribution in [2.45, 2.75) is 26.7 Å². The van der Waals surface area contributed by atoms with Gasteiger partial charge in [0.15, 0.2) is 0 Å². The second kappa shape index (κ2) is 6.58. The van der Waals surface area contributed by atoms with Crippen LogP contribution in [0.25, 0.3) is 0 Å². The van der Waals surface area contributed by atoms with Crippen LogP contribution in [0.15, 0.2) is 40.9 Å². The summed E-state index contributed by atoms with van der Waals surface area (Å²) in [5, 5.41) is 0. The van der Waals surface area contributed by atoms with Crippen LogP contribution in [-0.2, 0) is 0 Å². The van der Waals surface area contributed by atoms with Gasteiger partial charge < -0.3 is 10.5 Å². The van der Waals surface area contributed by atoms with E-state index in [0.29, 0.717) is 16.7 Å². The number of hydrogen-bond acceptors (Lipinski definition) is 2. The van der Waals surface area contributed by atoms with E-state index in [0.717, 1.165) is 26.9 Å². The number of halogens is 1. The molecule has 0 atom stereocenters. The molecule has 0 radical (unpaired) electrons. The number of nitrogens with two attached hydrogens (primary N) is 1. The van der Waals surface area contributed by atoms with Crippen molar-refractivity contribution in [1.29, 1.82) is 0 Å². The first kappa shape index (κ1) is 16.0. The van der Waals surface area contributed by atoms with Gasteiger partial charge in [-0.2, -0.15) is 0 Å². The summed E-state index contributed by atoms with van der Waals surface area (Å²) >= 11 is 8.61. The molecular formula is C17H18BrNOS. The summed E-state index contributed by atoms with van der Waals surface area (Å²) in [6.45, 7) is 6.29. The van der Waals surface area contributed by atoms with E-state index in [1.54, 1.807) is 0 Å². The van der Waals surface area contributed by atoms with Crippen molar-refractivity contribution in [2.75, 3.05) is 0 Å². The Morgan fingerprint density at radius 3 is 2.48 bits per heavy atom. The van der Waals surface area contributed by atoms with Crippen molar-refractivity contribution < 1.29 is 4.74 Å². The molecule has 0 spiro atoms. The zero-order valence-electron chi connectivity index (χ0n) is 12.3. The number of rotatable bonds is 4. The van der Waals surface area contributed by atoms with Gasteiger partial charge in [0, 0.05) is 4.47 Å². The van der Waals surface area contributed by atoms with E-state index in [1.165, 1.54) is 0 Å². The van der Waals surface area contributed by atoms with Gasteiger partial charge in [0.05, 0.1) is 5.56 Å². The molecule has 0 amide bonds. The molecule has 21 heavy (non-hydrogen) atoms. The van der Waals surface area contributed by atoms with Crippen LogP contribution in [0.4, 0.5) is 0 Å². The van der Waals surface area contributed by atoms with Crippen molar-refractivity contribution in [3.05, 3.63) is 57.6 Å². The van der Waals surface area contributed by atoms with Crippen molar-refractivity contribution in [3.63, 3.8) is 0 Å². The molecule has 0 saturated heterocycles. The fourth-order valence-corrected chi connectivity index (χ4v) is 2.65. The monoisotopic (exact) mass is 363 g/mol. The second-order valence-corrected chi connectivity index (χ2v) is 6.66. The van der Waals surface area contributed by atoms with Crippen molar-refractivity contribution in [2.24, 2.45) is 5.73 Å². The minimum absolute atomic E-state index is 0.341. The maximum atomic E-state index is 6.11. The van der Waals surface area contributed by atoms with Crippen LogP contribution < -0.4 is 10.5 Å². The molecule has 0 saturated carbocycles. The summed E-state index contributed by atoms with van der Waals surface area (Å²) in [6.07, 6.45) is 0. The van der Waals surface area contributed by atoms with Gasteiger partial charge >= 0.3 is 0 Å². The fourth-order valence-electron chi connectivity index (χ4n) is 2.10. The number of thiocarbonyl (C=S) groups is 1. The van der Waals surface area contributed by atoms with Gasteiger partial charge in [-0.3, -0.25) is 0 Å². The van der Waals surface area contributed by atoms with Crippen LogP contribution in [0, 0.1) is 6.92 Å². The molecule has 2 nitrogen and oxygen atoms in total. The van der Waals surface area contributed by atoms with Gasteiger partial charge in [-0.1, -0.05) is 48.1 Å². The van der Waals surface area contributed by atoms with Gasteiger partial charge in [-0.05, 0) is 54.3 Å². The van der Waals surface area contributed by atoms with Gasteiger partial charge in [0.1, 0.15) is 16.5 Å². The Balaban J connectivity index is 2.47. The highest BCUT2D eigenvalue weighted by Crippen LogP contribution is 2.34. The number of benzene rings is 2. The van der Waals surface area contributed by atoms with Crippen molar-refractivity contribution in [1.82, 2.24) is 0 Å². The smallest absolute Gasteiger partial charge is 0.137 e. The van der Waals surface area contributed by atoms with Crippen LogP contribution in [0.5, 0.6) is 11.5 Å². The molecule has 110 valence electrons. The molecule has 2 aromatic rings. The van der Waals surface area contributed by atoms with Crippen LogP contribution in [0.2, 0.25) is 0 Å². The molecule has 0 aliphatic heterocycles. The highest BCUT2D eigenvalue weighted by atomic mass is 79.9. The number of ether oxygens (including phenoxy) is 1. The zero-order valence-corrected chi connectivity index (χ0v) is 14.7. The maximum absolute atomic E-state index is 6.11. The average molecular weight is 364 g/mol. The largest absolute Gasteiger partial charge is 0.456 e. The van der Waals surface area contributed by atoms with Crippen molar-refractivity contribution >= 4 is 33.1 Å². The highest BCUT2D eigenvalue weighted by molar-refractivity contribution is 9.10. The van der Waals surface area contributed by atoms with Gasteiger partial charge in [-0.15, -0.1) is 0 Å². The van der Waals surface area contributed by atoms with Crippen LogP contribution in [0.3, 0.4) is 0 Å². The third-order valence-corrected chi connectivity index (χ3v) is 3.93. The molecule has 0 heterocycles. The minimum Gasteiger partial charge on any atom is -0.456 e. The maximum Gasteiger partial charge on any atom is 0.137 e. The topological polar surface area (TPSA) is 35.2 Å². The molecule has 0 bridgehead atoms. The lowest BCUT2D eigenvalue weighted by Gasteiger charge is -2.16. The summed E-state index contributed by atoms with van der Waals surface area (Å²) in [7, 11) is 0. The normalized spacial score (nSPS) is 10.7. The number of hydrogen-bond donors (Lipinski definition) is 1. The Hall–Kier alpha value is -1.39. The van der Waals surface area contributed by atoms with Crippen LogP contribution >= 0.6 is 28.1 Å². The fraction of sp³-hybridized carbons (Fsp3) is 0.235. The third-order valence-electron chi connectivity index (χ3n) is 3.22. The molecule has 2 rings (SSSR count). The molecule has 0 fully saturated rings. The van der Waals surface area contributed by atoms with E-state index in [4.69, 9.17) is 22.7 Å². The van der Waals surface area contributed by atoms with E-state index in [9.17, 15) is 0 Å². The molecule has 0 aliphatic carbocycles. The molecule has 2 N–H and O–H groups in total. The Morgan fingerprint density at radius 1 is 1.14 bits per heavy atom. The third kappa shape index (κ3) is 3.83. The molecule has 0 unspecified atom stereocenters. The summed E-state index contributed by atoms with van der Waals surface area (Å²) in [5.74, 6) is 1.89. The summed E-state index contributed by atoms with van der Waals surface area (Å²) < 4.78 is 7.15. The predicted octanol–water partition coefficient (Wildman–Crippen LogP) is 5.31. The second-order valence-electron chi connectivity index (χ2n) is 5.30. The lowest BCUT2D eigenvalue weighted by molar-refractivity contribution is 0.471. The Morgan fingerprint density at radius 2 is 1.86 bits per heavy atom. The minimum atomic E-state index is 0.341. The van der Waals surface area contributed by atoms with E-state index in [2.05, 4.69) is 35.8 Å². The Bertz CT molecular complexity index is 682. The molecule has 0 aromatic heterocycles. The molecule has 0 aliphatic rings. The van der Waals surface area contributed by atoms with E-state index >= 15 is 0 Å². The Labute approximate surface area is 139 Å². The van der Waals surface area contributed by atoms with Crippen LogP contribution in [0.1, 0.15) is 36.5 Å². The van der Waals surface area contributed by atoms with Crippen molar-refractivity contribution in [3.8, 4) is 11.5 Å². The van der Waals surface area contributed by atoms with E-state index < -0.39 is 0 Å². The quantitative estimate of drug-likeness (QED) is 0.747. The average Bonchev–Trinajstić information content (AvgIpc) is 2.40. The van der Waals surface area contributed by atoms with Gasteiger partial charge in [-0.25, -0.2) is 0 Å². The Kier molecular flexibility index (Phi) is 5.01. The first-order valence-corrected chi connectivity index (χ1v) is 7.96. The van der Waals surface area contributed by atoms with Gasteiger partial charge in [0.25, 0.3) is 0 Å². The zero-order chi connectivity index (χ0) is 15.6. The molecule has 2 aromatic carbocycles. The first-order chi connectivity index (χ1) is 9.88. The van der Waals surface area contributed by atoms with E-state index in [1.807, 2.05) is 37.3 Å². The van der Waals surface area contributed by atoms with Crippen LogP contribution in [-0.4, -0.2) is 4.99 Å². The van der Waals surface area contributed by atoms with Gasteiger partial charge in [0.2, 0.25) is 0 Å². The molecular weight excluding hydrogens is 346 g/mol. The summed E-state index contributed by atoms with van der Waals surface area (Å²) in [5.41, 5.74) is 8.79. The standard InChI is InChI=1S/C17H18BrNOS/c1-10(2)14-9-12(18)5-7-15(14)20-16-8-11(3)4-6-13(16)17(19)21/h4-10H,1-3H3,(H2,19,21). The highest BCUT2D eigenvalue weighted by Gasteiger charge is 2.13. The van der Waals surface area contributed by atoms with E-state index in [-0.39, 0.29) is 0 Å². The first-order valence-electron chi connectivity index (χ1n) is 6.76. The molecule has 4 heteroatoms. The number of aryl methyl sites for hydroxylation is 1. The summed E-state index contributed by atoms with van der Waals surface area (Å²) in [6, 6.07) is 11.9. The lowest BCUT2D eigenvalue weighted by atomic mass is 10.0.